The number of aromatic amines is 1. The smallest absolute Gasteiger partial charge is 0.310 e. The number of nitrogens with zero attached hydrogens (tertiary/aromatic N) is 1. The molecular formula is C14H13N3O3. The molecule has 0 spiro atoms. The van der Waals surface area contributed by atoms with E-state index < -0.39 is 11.9 Å². The number of aromatic nitrogens is 2. The van der Waals surface area contributed by atoms with E-state index in [1.165, 1.54) is 0 Å². The Labute approximate surface area is 114 Å². The average molecular weight is 271 g/mol. The lowest BCUT2D eigenvalue weighted by Gasteiger charge is -2.12. The molecular weight excluding hydrogens is 258 g/mol. The Morgan fingerprint density at radius 2 is 2.20 bits per heavy atom. The van der Waals surface area contributed by atoms with Gasteiger partial charge in [-0.1, -0.05) is 12.2 Å². The molecule has 1 aliphatic carbocycles. The van der Waals surface area contributed by atoms with Crippen molar-refractivity contribution in [1.29, 1.82) is 0 Å². The largest absolute Gasteiger partial charge is 0.481 e. The Kier molecular flexibility index (Phi) is 2.98. The van der Waals surface area contributed by atoms with Crippen LogP contribution in [0.5, 0.6) is 0 Å². The highest BCUT2D eigenvalue weighted by molar-refractivity contribution is 5.98. The minimum Gasteiger partial charge on any atom is -0.481 e. The maximum Gasteiger partial charge on any atom is 0.310 e. The molecule has 1 heterocycles. The SMILES string of the molecule is O=C(NC1C=CC(C(=O)O)C1)c1ccc2[nH]ncc2c1. The van der Waals surface area contributed by atoms with Crippen molar-refractivity contribution in [2.75, 3.05) is 0 Å². The molecule has 0 fully saturated rings. The number of hydrogen-bond donors (Lipinski definition) is 3. The third-order valence-corrected chi connectivity index (χ3v) is 3.42. The van der Waals surface area contributed by atoms with Crippen LogP contribution in [0.25, 0.3) is 10.9 Å². The van der Waals surface area contributed by atoms with Gasteiger partial charge >= 0.3 is 5.97 Å². The number of fused-ring (bicyclic) bond motifs is 1. The number of carbonyl (C=O) groups excluding carboxylic acids is 1. The fourth-order valence-corrected chi connectivity index (χ4v) is 2.32. The first-order chi connectivity index (χ1) is 9.63. The summed E-state index contributed by atoms with van der Waals surface area (Å²) in [4.78, 5) is 23.0. The zero-order chi connectivity index (χ0) is 14.1. The van der Waals surface area contributed by atoms with Gasteiger partial charge in [0.1, 0.15) is 0 Å². The standard InChI is InChI=1S/C14H13N3O3/c18-13(16-11-3-1-9(6-11)14(19)20)8-2-4-12-10(5-8)7-15-17-12/h1-5,7,9,11H,6H2,(H,15,17)(H,16,18)(H,19,20). The van der Waals surface area contributed by atoms with Crippen LogP contribution in [0.1, 0.15) is 16.8 Å². The summed E-state index contributed by atoms with van der Waals surface area (Å²) < 4.78 is 0. The average Bonchev–Trinajstić information content (AvgIpc) is 3.05. The van der Waals surface area contributed by atoms with E-state index >= 15 is 0 Å². The van der Waals surface area contributed by atoms with Gasteiger partial charge in [-0.05, 0) is 24.6 Å². The molecule has 1 aliphatic rings. The summed E-state index contributed by atoms with van der Waals surface area (Å²) in [5.74, 6) is -1.59. The molecule has 2 atom stereocenters. The summed E-state index contributed by atoms with van der Waals surface area (Å²) in [6.45, 7) is 0. The molecule has 3 N–H and O–H groups in total. The van der Waals surface area contributed by atoms with Gasteiger partial charge in [-0.3, -0.25) is 14.7 Å². The molecule has 6 heteroatoms. The Bertz CT molecular complexity index is 705. The van der Waals surface area contributed by atoms with E-state index in [0.29, 0.717) is 12.0 Å². The molecule has 1 aromatic heterocycles. The summed E-state index contributed by atoms with van der Waals surface area (Å²) >= 11 is 0. The van der Waals surface area contributed by atoms with Crippen LogP contribution in [0.4, 0.5) is 0 Å². The lowest BCUT2D eigenvalue weighted by molar-refractivity contribution is -0.140. The maximum atomic E-state index is 12.1. The van der Waals surface area contributed by atoms with Gasteiger partial charge in [0.25, 0.3) is 5.91 Å². The fourth-order valence-electron chi connectivity index (χ4n) is 2.32. The van der Waals surface area contributed by atoms with Crippen molar-refractivity contribution in [2.45, 2.75) is 12.5 Å². The second kappa shape index (κ2) is 4.80. The normalized spacial score (nSPS) is 21.2. The Balaban J connectivity index is 1.70. The first-order valence-corrected chi connectivity index (χ1v) is 6.28. The quantitative estimate of drug-likeness (QED) is 0.734. The van der Waals surface area contributed by atoms with Gasteiger partial charge in [-0.25, -0.2) is 0 Å². The minimum atomic E-state index is -0.863. The predicted octanol–water partition coefficient (Wildman–Crippen LogP) is 1.32. The highest BCUT2D eigenvalue weighted by Crippen LogP contribution is 2.19. The molecule has 102 valence electrons. The number of rotatable bonds is 3. The highest BCUT2D eigenvalue weighted by Gasteiger charge is 2.25. The van der Waals surface area contributed by atoms with Crippen molar-refractivity contribution in [3.63, 3.8) is 0 Å². The second-order valence-corrected chi connectivity index (χ2v) is 4.82. The van der Waals surface area contributed by atoms with Crippen LogP contribution in [-0.2, 0) is 4.79 Å². The van der Waals surface area contributed by atoms with E-state index in [4.69, 9.17) is 5.11 Å². The lowest BCUT2D eigenvalue weighted by atomic mass is 10.1. The topological polar surface area (TPSA) is 95.1 Å². The molecule has 2 aromatic rings. The van der Waals surface area contributed by atoms with E-state index in [0.717, 1.165) is 10.9 Å². The molecule has 6 nitrogen and oxygen atoms in total. The van der Waals surface area contributed by atoms with Gasteiger partial charge in [0, 0.05) is 17.0 Å². The van der Waals surface area contributed by atoms with Crippen molar-refractivity contribution in [3.05, 3.63) is 42.1 Å². The summed E-state index contributed by atoms with van der Waals surface area (Å²) in [5, 5.41) is 19.3. The van der Waals surface area contributed by atoms with Gasteiger partial charge in [-0.15, -0.1) is 0 Å². The number of nitrogens with one attached hydrogen (secondary N) is 2. The van der Waals surface area contributed by atoms with Gasteiger partial charge in [-0.2, -0.15) is 5.10 Å². The van der Waals surface area contributed by atoms with Crippen LogP contribution in [0.15, 0.2) is 36.5 Å². The van der Waals surface area contributed by atoms with Crippen LogP contribution in [0, 0.1) is 5.92 Å². The summed E-state index contributed by atoms with van der Waals surface area (Å²) in [5.41, 5.74) is 1.40. The van der Waals surface area contributed by atoms with Crippen molar-refractivity contribution >= 4 is 22.8 Å². The maximum absolute atomic E-state index is 12.1. The van der Waals surface area contributed by atoms with E-state index in [9.17, 15) is 9.59 Å². The van der Waals surface area contributed by atoms with Crippen molar-refractivity contribution in [3.8, 4) is 0 Å². The van der Waals surface area contributed by atoms with Crippen LogP contribution < -0.4 is 5.32 Å². The third kappa shape index (κ3) is 2.27. The first kappa shape index (κ1) is 12.4. The first-order valence-electron chi connectivity index (χ1n) is 6.28. The number of H-pyrrole nitrogens is 1. The van der Waals surface area contributed by atoms with Crippen LogP contribution in [-0.4, -0.2) is 33.2 Å². The van der Waals surface area contributed by atoms with Gasteiger partial charge in [0.15, 0.2) is 0 Å². The molecule has 20 heavy (non-hydrogen) atoms. The molecule has 1 aromatic carbocycles. The number of carboxylic acids is 1. The molecule has 2 unspecified atom stereocenters. The van der Waals surface area contributed by atoms with Gasteiger partial charge < -0.3 is 10.4 Å². The van der Waals surface area contributed by atoms with Gasteiger partial charge in [0.2, 0.25) is 0 Å². The van der Waals surface area contributed by atoms with Crippen LogP contribution >= 0.6 is 0 Å². The summed E-state index contributed by atoms with van der Waals surface area (Å²) in [6, 6.07) is 5.02. The molecule has 1 amide bonds. The Hall–Kier alpha value is -2.63. The molecule has 0 saturated carbocycles. The summed E-state index contributed by atoms with van der Waals surface area (Å²) in [6.07, 6.45) is 5.40. The van der Waals surface area contributed by atoms with Crippen molar-refractivity contribution < 1.29 is 14.7 Å². The highest BCUT2D eigenvalue weighted by atomic mass is 16.4. The lowest BCUT2D eigenvalue weighted by Crippen LogP contribution is -2.33. The van der Waals surface area contributed by atoms with Crippen LogP contribution in [0.2, 0.25) is 0 Å². The molecule has 3 rings (SSSR count). The van der Waals surface area contributed by atoms with Crippen molar-refractivity contribution in [1.82, 2.24) is 15.5 Å². The number of benzene rings is 1. The summed E-state index contributed by atoms with van der Waals surface area (Å²) in [7, 11) is 0. The number of carbonyl (C=O) groups is 2. The zero-order valence-electron chi connectivity index (χ0n) is 10.5. The molecule has 0 radical (unpaired) electrons. The van der Waals surface area contributed by atoms with E-state index in [1.807, 2.05) is 0 Å². The molecule has 0 bridgehead atoms. The van der Waals surface area contributed by atoms with Crippen molar-refractivity contribution in [2.24, 2.45) is 5.92 Å². The molecule has 0 aliphatic heterocycles. The van der Waals surface area contributed by atoms with E-state index in [-0.39, 0.29) is 11.9 Å². The Morgan fingerprint density at radius 1 is 1.35 bits per heavy atom. The predicted molar refractivity (Wildman–Crippen MR) is 72.2 cm³/mol. The van der Waals surface area contributed by atoms with E-state index in [2.05, 4.69) is 15.5 Å². The second-order valence-electron chi connectivity index (χ2n) is 4.82. The van der Waals surface area contributed by atoms with Gasteiger partial charge in [0.05, 0.1) is 17.6 Å². The molecule has 0 saturated heterocycles. The zero-order valence-corrected chi connectivity index (χ0v) is 10.5. The number of amides is 1. The minimum absolute atomic E-state index is 0.214. The number of aliphatic carboxylic acids is 1. The Morgan fingerprint density at radius 3 is 2.95 bits per heavy atom. The fraction of sp³-hybridized carbons (Fsp3) is 0.214. The van der Waals surface area contributed by atoms with Crippen LogP contribution in [0.3, 0.4) is 0 Å². The number of hydrogen-bond acceptors (Lipinski definition) is 3. The third-order valence-electron chi connectivity index (χ3n) is 3.42. The monoisotopic (exact) mass is 271 g/mol. The van der Waals surface area contributed by atoms with E-state index in [1.54, 1.807) is 36.5 Å². The number of carboxylic acid groups (broad SMARTS) is 1.